The number of hydrogen-bond acceptors (Lipinski definition) is 4. The van der Waals surface area contributed by atoms with E-state index < -0.39 is 5.54 Å². The van der Waals surface area contributed by atoms with Gasteiger partial charge in [-0.3, -0.25) is 9.69 Å². The molecule has 2 N–H and O–H groups in total. The lowest BCUT2D eigenvalue weighted by molar-refractivity contribution is -0.131. The van der Waals surface area contributed by atoms with Gasteiger partial charge in [0.25, 0.3) is 5.91 Å². The van der Waals surface area contributed by atoms with Crippen LogP contribution in [0.25, 0.3) is 0 Å². The number of amides is 5. The summed E-state index contributed by atoms with van der Waals surface area (Å²) in [7, 11) is 5.72. The van der Waals surface area contributed by atoms with Crippen LogP contribution < -0.4 is 15.5 Å². The van der Waals surface area contributed by atoms with Crippen LogP contribution in [-0.2, 0) is 11.3 Å². The summed E-state index contributed by atoms with van der Waals surface area (Å²) in [5, 5.41) is 5.73. The molecule has 5 amide bonds. The van der Waals surface area contributed by atoms with Crippen molar-refractivity contribution in [3.05, 3.63) is 29.8 Å². The second kappa shape index (κ2) is 8.71. The van der Waals surface area contributed by atoms with E-state index in [2.05, 4.69) is 10.6 Å². The Balaban J connectivity index is 1.40. The lowest BCUT2D eigenvalue weighted by Crippen LogP contribution is -2.44. The molecule has 8 heteroatoms. The average molecular weight is 402 g/mol. The van der Waals surface area contributed by atoms with Gasteiger partial charge >= 0.3 is 12.1 Å². The Kier molecular flexibility index (Phi) is 6.30. The van der Waals surface area contributed by atoms with Gasteiger partial charge in [0.2, 0.25) is 0 Å². The molecule has 0 radical (unpaired) electrons. The number of carbonyl (C=O) groups is 3. The third-order valence-corrected chi connectivity index (χ3v) is 5.76. The van der Waals surface area contributed by atoms with Crippen molar-refractivity contribution >= 4 is 23.7 Å². The van der Waals surface area contributed by atoms with Gasteiger partial charge in [-0.2, -0.15) is 0 Å². The van der Waals surface area contributed by atoms with E-state index in [4.69, 9.17) is 0 Å². The fraction of sp³-hybridized carbons (Fsp3) is 0.571. The summed E-state index contributed by atoms with van der Waals surface area (Å²) in [5.41, 5.74) is 1.50. The lowest BCUT2D eigenvalue weighted by Gasteiger charge is -2.21. The molecule has 1 heterocycles. The fourth-order valence-electron chi connectivity index (χ4n) is 4.01. The van der Waals surface area contributed by atoms with E-state index >= 15 is 0 Å². The van der Waals surface area contributed by atoms with Crippen molar-refractivity contribution in [3.63, 3.8) is 0 Å². The zero-order chi connectivity index (χ0) is 21.0. The summed E-state index contributed by atoms with van der Waals surface area (Å²) in [6.45, 7) is 1.24. The van der Waals surface area contributed by atoms with E-state index in [9.17, 15) is 14.4 Å². The Bertz CT molecular complexity index is 756. The van der Waals surface area contributed by atoms with Crippen LogP contribution in [0.4, 0.5) is 15.3 Å². The SMILES string of the molecule is CN(Cc1ccc(N(C)C)cc1)C(=O)NCCCN1C(=O)NC2(CCCC2)C1=O. The Morgan fingerprint density at radius 2 is 1.79 bits per heavy atom. The average Bonchev–Trinajstić information content (AvgIpc) is 3.25. The normalized spacial score (nSPS) is 17.6. The van der Waals surface area contributed by atoms with E-state index in [0.717, 1.165) is 36.9 Å². The van der Waals surface area contributed by atoms with Gasteiger partial charge in [0.15, 0.2) is 0 Å². The molecule has 1 aliphatic carbocycles. The minimum absolute atomic E-state index is 0.107. The van der Waals surface area contributed by atoms with Gasteiger partial charge in [-0.05, 0) is 37.0 Å². The molecule has 3 rings (SSSR count). The van der Waals surface area contributed by atoms with Crippen LogP contribution in [0.5, 0.6) is 0 Å². The van der Waals surface area contributed by atoms with Crippen molar-refractivity contribution in [1.29, 1.82) is 0 Å². The molecule has 0 bridgehead atoms. The lowest BCUT2D eigenvalue weighted by atomic mass is 9.98. The molecule has 0 atom stereocenters. The van der Waals surface area contributed by atoms with Crippen LogP contribution in [0.1, 0.15) is 37.7 Å². The van der Waals surface area contributed by atoms with Crippen LogP contribution in [0.15, 0.2) is 24.3 Å². The van der Waals surface area contributed by atoms with Gasteiger partial charge in [0.1, 0.15) is 5.54 Å². The van der Waals surface area contributed by atoms with E-state index in [-0.39, 0.29) is 18.0 Å². The summed E-state index contributed by atoms with van der Waals surface area (Å²) in [5.74, 6) is -0.107. The Morgan fingerprint density at radius 1 is 1.14 bits per heavy atom. The topological polar surface area (TPSA) is 85.0 Å². The molecule has 1 spiro atoms. The molecule has 2 aliphatic rings. The largest absolute Gasteiger partial charge is 0.378 e. The number of urea groups is 2. The number of nitrogens with one attached hydrogen (secondary N) is 2. The standard InChI is InChI=1S/C21H31N5O3/c1-24(2)17-9-7-16(8-10-17)15-25(3)19(28)22-13-6-14-26-18(27)21(23-20(26)29)11-4-5-12-21/h7-10H,4-6,11-15H2,1-3H3,(H,22,28)(H,23,29). The molecular weight excluding hydrogens is 370 g/mol. The maximum absolute atomic E-state index is 12.6. The molecule has 158 valence electrons. The molecule has 1 saturated carbocycles. The Hall–Kier alpha value is -2.77. The molecule has 1 saturated heterocycles. The molecule has 0 unspecified atom stereocenters. The number of nitrogens with zero attached hydrogens (tertiary/aromatic N) is 3. The molecule has 2 fully saturated rings. The molecule has 1 aliphatic heterocycles. The molecule has 29 heavy (non-hydrogen) atoms. The van der Waals surface area contributed by atoms with Crippen molar-refractivity contribution in [1.82, 2.24) is 20.4 Å². The third kappa shape index (κ3) is 4.63. The van der Waals surface area contributed by atoms with Gasteiger partial charge in [0, 0.05) is 46.5 Å². The van der Waals surface area contributed by atoms with E-state index in [1.165, 1.54) is 4.90 Å². The minimum Gasteiger partial charge on any atom is -0.378 e. The maximum Gasteiger partial charge on any atom is 0.325 e. The number of carbonyl (C=O) groups excluding carboxylic acids is 3. The van der Waals surface area contributed by atoms with Gasteiger partial charge < -0.3 is 20.4 Å². The first-order valence-corrected chi connectivity index (χ1v) is 10.2. The second-order valence-corrected chi connectivity index (χ2v) is 8.18. The number of benzene rings is 1. The Labute approximate surface area is 172 Å². The molecule has 1 aromatic carbocycles. The predicted octanol–water partition coefficient (Wildman–Crippen LogP) is 2.15. The van der Waals surface area contributed by atoms with Gasteiger partial charge in [-0.1, -0.05) is 25.0 Å². The molecule has 0 aromatic heterocycles. The van der Waals surface area contributed by atoms with E-state index in [1.54, 1.807) is 11.9 Å². The zero-order valence-electron chi connectivity index (χ0n) is 17.5. The van der Waals surface area contributed by atoms with Crippen molar-refractivity contribution < 1.29 is 14.4 Å². The zero-order valence-corrected chi connectivity index (χ0v) is 17.5. The first kappa shape index (κ1) is 21.0. The molecular formula is C21H31N5O3. The molecule has 8 nitrogen and oxygen atoms in total. The summed E-state index contributed by atoms with van der Waals surface area (Å²) in [4.78, 5) is 42.0. The van der Waals surface area contributed by atoms with Crippen LogP contribution in [0, 0.1) is 0 Å². The van der Waals surface area contributed by atoms with Crippen molar-refractivity contribution in [2.45, 2.75) is 44.2 Å². The monoisotopic (exact) mass is 401 g/mol. The summed E-state index contributed by atoms with van der Waals surface area (Å²) >= 11 is 0. The second-order valence-electron chi connectivity index (χ2n) is 8.18. The van der Waals surface area contributed by atoms with Crippen molar-refractivity contribution in [3.8, 4) is 0 Å². The van der Waals surface area contributed by atoms with Crippen LogP contribution >= 0.6 is 0 Å². The summed E-state index contributed by atoms with van der Waals surface area (Å²) < 4.78 is 0. The van der Waals surface area contributed by atoms with Gasteiger partial charge in [-0.15, -0.1) is 0 Å². The Morgan fingerprint density at radius 3 is 2.41 bits per heavy atom. The number of rotatable bonds is 7. The van der Waals surface area contributed by atoms with Gasteiger partial charge in [-0.25, -0.2) is 9.59 Å². The first-order valence-electron chi connectivity index (χ1n) is 10.2. The van der Waals surface area contributed by atoms with Gasteiger partial charge in [0.05, 0.1) is 0 Å². The maximum atomic E-state index is 12.6. The van der Waals surface area contributed by atoms with E-state index in [0.29, 0.717) is 26.1 Å². The quantitative estimate of drug-likeness (QED) is 0.542. The highest BCUT2D eigenvalue weighted by Crippen LogP contribution is 2.34. The highest BCUT2D eigenvalue weighted by Gasteiger charge is 2.51. The fourth-order valence-corrected chi connectivity index (χ4v) is 4.01. The van der Waals surface area contributed by atoms with Crippen LogP contribution in [0.2, 0.25) is 0 Å². The predicted molar refractivity (Wildman–Crippen MR) is 112 cm³/mol. The number of anilines is 1. The van der Waals surface area contributed by atoms with Crippen molar-refractivity contribution in [2.24, 2.45) is 0 Å². The number of imide groups is 1. The van der Waals surface area contributed by atoms with E-state index in [1.807, 2.05) is 43.3 Å². The number of hydrogen-bond donors (Lipinski definition) is 2. The highest BCUT2D eigenvalue weighted by atomic mass is 16.2. The van der Waals surface area contributed by atoms with Crippen LogP contribution in [-0.4, -0.2) is 67.5 Å². The van der Waals surface area contributed by atoms with Crippen molar-refractivity contribution in [2.75, 3.05) is 39.1 Å². The summed E-state index contributed by atoms with van der Waals surface area (Å²) in [6.07, 6.45) is 3.93. The highest BCUT2D eigenvalue weighted by molar-refractivity contribution is 6.07. The molecule has 1 aromatic rings. The first-order chi connectivity index (χ1) is 13.8. The van der Waals surface area contributed by atoms with Crippen LogP contribution in [0.3, 0.4) is 0 Å². The third-order valence-electron chi connectivity index (χ3n) is 5.76. The summed E-state index contributed by atoms with van der Waals surface area (Å²) in [6, 6.07) is 7.59. The smallest absolute Gasteiger partial charge is 0.325 e. The minimum atomic E-state index is -0.664.